The largest absolute Gasteiger partial charge is 0.292 e. The van der Waals surface area contributed by atoms with E-state index in [4.69, 9.17) is 0 Å². The van der Waals surface area contributed by atoms with E-state index in [-0.39, 0.29) is 11.7 Å². The minimum absolute atomic E-state index is 0.131. The molecule has 0 N–H and O–H groups in total. The zero-order valence-corrected chi connectivity index (χ0v) is 10.9. The lowest BCUT2D eigenvalue weighted by atomic mass is 9.90. The lowest BCUT2D eigenvalue weighted by Crippen LogP contribution is -2.16. The number of unbranched alkanes of at least 4 members (excludes halogenated alkanes) is 2. The van der Waals surface area contributed by atoms with Crippen LogP contribution >= 0.6 is 0 Å². The van der Waals surface area contributed by atoms with E-state index in [9.17, 15) is 4.79 Å². The van der Waals surface area contributed by atoms with Gasteiger partial charge in [0.25, 0.3) is 0 Å². The molecule has 0 amide bonds. The topological polar surface area (TPSA) is 42.9 Å². The highest BCUT2D eigenvalue weighted by Gasteiger charge is 2.20. The van der Waals surface area contributed by atoms with Gasteiger partial charge < -0.3 is 0 Å². The predicted molar refractivity (Wildman–Crippen MR) is 68.9 cm³/mol. The summed E-state index contributed by atoms with van der Waals surface area (Å²) in [5.41, 5.74) is 0.518. The number of ketones is 1. The minimum Gasteiger partial charge on any atom is -0.292 e. The maximum atomic E-state index is 12.3. The van der Waals surface area contributed by atoms with Crippen LogP contribution in [0.3, 0.4) is 0 Å². The van der Waals surface area contributed by atoms with Crippen LogP contribution in [0.25, 0.3) is 0 Å². The van der Waals surface area contributed by atoms with Gasteiger partial charge in [-0.05, 0) is 12.8 Å². The highest BCUT2D eigenvalue weighted by molar-refractivity contribution is 5.95. The molecule has 1 rings (SSSR count). The number of nitrogens with zero attached hydrogens (tertiary/aromatic N) is 2. The van der Waals surface area contributed by atoms with Gasteiger partial charge in [-0.3, -0.25) is 9.78 Å². The van der Waals surface area contributed by atoms with E-state index in [0.29, 0.717) is 5.69 Å². The van der Waals surface area contributed by atoms with Crippen molar-refractivity contribution in [1.29, 1.82) is 0 Å². The fourth-order valence-corrected chi connectivity index (χ4v) is 1.94. The Bertz CT molecular complexity index is 316. The van der Waals surface area contributed by atoms with Gasteiger partial charge in [-0.25, -0.2) is 4.98 Å². The maximum absolute atomic E-state index is 12.3. The maximum Gasteiger partial charge on any atom is 0.185 e. The van der Waals surface area contributed by atoms with Gasteiger partial charge in [-0.1, -0.05) is 39.5 Å². The van der Waals surface area contributed by atoms with E-state index >= 15 is 0 Å². The average Bonchev–Trinajstić information content (AvgIpc) is 2.39. The second-order valence-electron chi connectivity index (χ2n) is 4.44. The van der Waals surface area contributed by atoms with Gasteiger partial charge in [-0.2, -0.15) is 0 Å². The SMILES string of the molecule is CCCCC(CCCC)C(=O)c1cnccn1. The van der Waals surface area contributed by atoms with Gasteiger partial charge in [0.2, 0.25) is 0 Å². The van der Waals surface area contributed by atoms with Crippen LogP contribution < -0.4 is 0 Å². The Hall–Kier alpha value is -1.25. The molecule has 0 saturated carbocycles. The van der Waals surface area contributed by atoms with Gasteiger partial charge in [0, 0.05) is 18.3 Å². The van der Waals surface area contributed by atoms with Gasteiger partial charge in [0.1, 0.15) is 5.69 Å². The van der Waals surface area contributed by atoms with Crippen molar-refractivity contribution in [2.45, 2.75) is 52.4 Å². The number of aromatic nitrogens is 2. The number of carbonyl (C=O) groups is 1. The molecule has 0 bridgehead atoms. The Morgan fingerprint density at radius 3 is 2.29 bits per heavy atom. The van der Waals surface area contributed by atoms with Gasteiger partial charge in [-0.15, -0.1) is 0 Å². The zero-order chi connectivity index (χ0) is 12.5. The molecule has 0 unspecified atom stereocenters. The Kier molecular flexibility index (Phi) is 6.45. The standard InChI is InChI=1S/C14H22N2O/c1-3-5-7-12(8-6-4-2)14(17)13-11-15-9-10-16-13/h9-12H,3-8H2,1-2H3. The molecule has 0 aliphatic heterocycles. The first-order valence-corrected chi connectivity index (χ1v) is 6.59. The third kappa shape index (κ3) is 4.63. The van der Waals surface area contributed by atoms with Crippen molar-refractivity contribution in [3.63, 3.8) is 0 Å². The van der Waals surface area contributed by atoms with Crippen molar-refractivity contribution < 1.29 is 4.79 Å². The van der Waals surface area contributed by atoms with Crippen molar-refractivity contribution in [2.75, 3.05) is 0 Å². The van der Waals surface area contributed by atoms with Crippen molar-refractivity contribution in [2.24, 2.45) is 5.92 Å². The van der Waals surface area contributed by atoms with Gasteiger partial charge in [0.15, 0.2) is 5.78 Å². The molecular weight excluding hydrogens is 212 g/mol. The number of carbonyl (C=O) groups excluding carboxylic acids is 1. The zero-order valence-electron chi connectivity index (χ0n) is 10.9. The van der Waals surface area contributed by atoms with Crippen LogP contribution in [0.4, 0.5) is 0 Å². The first-order valence-electron chi connectivity index (χ1n) is 6.59. The molecule has 1 heterocycles. The second kappa shape index (κ2) is 7.93. The van der Waals surface area contributed by atoms with E-state index < -0.39 is 0 Å². The Labute approximate surface area is 104 Å². The van der Waals surface area contributed by atoms with E-state index in [2.05, 4.69) is 23.8 Å². The van der Waals surface area contributed by atoms with E-state index in [0.717, 1.165) is 38.5 Å². The molecule has 1 aromatic rings. The fraction of sp³-hybridized carbons (Fsp3) is 0.643. The summed E-state index contributed by atoms with van der Waals surface area (Å²) in [6.45, 7) is 4.31. The molecule has 94 valence electrons. The molecule has 0 aliphatic carbocycles. The number of Topliss-reactive ketones (excluding diaryl/α,β-unsaturated/α-hetero) is 1. The van der Waals surface area contributed by atoms with Crippen LogP contribution in [0, 0.1) is 5.92 Å². The Balaban J connectivity index is 2.64. The molecular formula is C14H22N2O. The normalized spacial score (nSPS) is 10.8. The summed E-state index contributed by atoms with van der Waals surface area (Å²) in [4.78, 5) is 20.3. The molecule has 0 aliphatic rings. The lowest BCUT2D eigenvalue weighted by Gasteiger charge is -2.14. The highest BCUT2D eigenvalue weighted by Crippen LogP contribution is 2.20. The first kappa shape index (κ1) is 13.8. The summed E-state index contributed by atoms with van der Waals surface area (Å²) in [6.07, 6.45) is 11.2. The molecule has 0 saturated heterocycles. The average molecular weight is 234 g/mol. The molecule has 0 spiro atoms. The van der Waals surface area contributed by atoms with Crippen molar-refractivity contribution >= 4 is 5.78 Å². The molecule has 0 aromatic carbocycles. The molecule has 0 radical (unpaired) electrons. The number of hydrogen-bond donors (Lipinski definition) is 0. The van der Waals surface area contributed by atoms with Crippen molar-refractivity contribution in [3.05, 3.63) is 24.3 Å². The fourth-order valence-electron chi connectivity index (χ4n) is 1.94. The molecule has 17 heavy (non-hydrogen) atoms. The van der Waals surface area contributed by atoms with Crippen LogP contribution in [-0.4, -0.2) is 15.8 Å². The Morgan fingerprint density at radius 2 is 1.82 bits per heavy atom. The minimum atomic E-state index is 0.131. The van der Waals surface area contributed by atoms with Crippen LogP contribution in [0.5, 0.6) is 0 Å². The summed E-state index contributed by atoms with van der Waals surface area (Å²) >= 11 is 0. The highest BCUT2D eigenvalue weighted by atomic mass is 16.1. The summed E-state index contributed by atoms with van der Waals surface area (Å²) < 4.78 is 0. The number of hydrogen-bond acceptors (Lipinski definition) is 3. The quantitative estimate of drug-likeness (QED) is 0.645. The molecule has 0 fully saturated rings. The van der Waals surface area contributed by atoms with Crippen molar-refractivity contribution in [3.8, 4) is 0 Å². The van der Waals surface area contributed by atoms with E-state index in [1.807, 2.05) is 0 Å². The summed E-state index contributed by atoms with van der Waals surface area (Å²) in [5.74, 6) is 0.298. The van der Waals surface area contributed by atoms with Crippen LogP contribution in [0.2, 0.25) is 0 Å². The second-order valence-corrected chi connectivity index (χ2v) is 4.44. The predicted octanol–water partition coefficient (Wildman–Crippen LogP) is 3.66. The number of rotatable bonds is 8. The molecule has 3 heteroatoms. The third-order valence-corrected chi connectivity index (χ3v) is 3.00. The molecule has 3 nitrogen and oxygen atoms in total. The van der Waals surface area contributed by atoms with Crippen molar-refractivity contribution in [1.82, 2.24) is 9.97 Å². The van der Waals surface area contributed by atoms with Gasteiger partial charge >= 0.3 is 0 Å². The first-order chi connectivity index (χ1) is 8.29. The van der Waals surface area contributed by atoms with Crippen LogP contribution in [-0.2, 0) is 0 Å². The van der Waals surface area contributed by atoms with Crippen LogP contribution in [0.1, 0.15) is 62.9 Å². The van der Waals surface area contributed by atoms with Crippen LogP contribution in [0.15, 0.2) is 18.6 Å². The monoisotopic (exact) mass is 234 g/mol. The third-order valence-electron chi connectivity index (χ3n) is 3.00. The summed E-state index contributed by atoms with van der Waals surface area (Å²) in [6, 6.07) is 0. The summed E-state index contributed by atoms with van der Waals surface area (Å²) in [5, 5.41) is 0. The van der Waals surface area contributed by atoms with Gasteiger partial charge in [0.05, 0.1) is 6.20 Å². The van der Waals surface area contributed by atoms with E-state index in [1.165, 1.54) is 0 Å². The summed E-state index contributed by atoms with van der Waals surface area (Å²) in [7, 11) is 0. The molecule has 0 atom stereocenters. The molecule has 1 aromatic heterocycles. The lowest BCUT2D eigenvalue weighted by molar-refractivity contribution is 0.0897. The Morgan fingerprint density at radius 1 is 1.18 bits per heavy atom. The smallest absolute Gasteiger partial charge is 0.185 e. The van der Waals surface area contributed by atoms with E-state index in [1.54, 1.807) is 18.6 Å².